The highest BCUT2D eigenvalue weighted by atomic mass is 35.5. The van der Waals surface area contributed by atoms with Crippen molar-refractivity contribution in [3.05, 3.63) is 53.2 Å². The predicted molar refractivity (Wildman–Crippen MR) is 78.3 cm³/mol. The lowest BCUT2D eigenvalue weighted by atomic mass is 10.3. The molecule has 0 aliphatic rings. The van der Waals surface area contributed by atoms with E-state index in [0.29, 0.717) is 28.7 Å². The van der Waals surface area contributed by atoms with Crippen LogP contribution < -0.4 is 0 Å². The Labute approximate surface area is 125 Å². The molecule has 0 bridgehead atoms. The zero-order valence-corrected chi connectivity index (χ0v) is 11.9. The second-order valence-corrected chi connectivity index (χ2v) is 5.03. The summed E-state index contributed by atoms with van der Waals surface area (Å²) in [5.41, 5.74) is 2.09. The monoisotopic (exact) mass is 309 g/mol. The third kappa shape index (κ3) is 2.25. The molecule has 3 rings (SSSR count). The molecule has 1 aromatic carbocycles. The van der Waals surface area contributed by atoms with Gasteiger partial charge in [-0.1, -0.05) is 11.6 Å². The highest BCUT2D eigenvalue weighted by molar-refractivity contribution is 6.32. The van der Waals surface area contributed by atoms with E-state index in [4.69, 9.17) is 23.2 Å². The van der Waals surface area contributed by atoms with Gasteiger partial charge < -0.3 is 0 Å². The Hall–Kier alpha value is -1.65. The number of aromatic nitrogens is 3. The van der Waals surface area contributed by atoms with Crippen LogP contribution in [0.1, 0.15) is 5.82 Å². The van der Waals surface area contributed by atoms with Crippen LogP contribution in [-0.2, 0) is 6.42 Å². The molecule has 0 radical (unpaired) electrons. The third-order valence-electron chi connectivity index (χ3n) is 2.95. The van der Waals surface area contributed by atoms with E-state index in [0.717, 1.165) is 11.3 Å². The summed E-state index contributed by atoms with van der Waals surface area (Å²) in [5, 5.41) is 0.311. The molecule has 2 heterocycles. The van der Waals surface area contributed by atoms with Crippen LogP contribution in [0.15, 0.2) is 36.5 Å². The molecular formula is C14H10Cl2FN3. The van der Waals surface area contributed by atoms with Gasteiger partial charge in [-0.25, -0.2) is 14.4 Å². The summed E-state index contributed by atoms with van der Waals surface area (Å²) in [6, 6.07) is 7.94. The average Bonchev–Trinajstić information content (AvgIpc) is 2.78. The number of imidazole rings is 1. The average molecular weight is 310 g/mol. The van der Waals surface area contributed by atoms with Crippen LogP contribution in [0.25, 0.3) is 16.9 Å². The van der Waals surface area contributed by atoms with Crippen LogP contribution in [0.2, 0.25) is 5.02 Å². The van der Waals surface area contributed by atoms with Gasteiger partial charge in [0.2, 0.25) is 0 Å². The number of pyridine rings is 1. The first-order chi connectivity index (χ1) is 9.70. The minimum absolute atomic E-state index is 0.311. The van der Waals surface area contributed by atoms with E-state index >= 15 is 0 Å². The van der Waals surface area contributed by atoms with Crippen LogP contribution in [0, 0.1) is 5.82 Å². The summed E-state index contributed by atoms with van der Waals surface area (Å²) < 4.78 is 15.0. The maximum absolute atomic E-state index is 13.2. The number of fused-ring (bicyclic) bond motifs is 1. The summed E-state index contributed by atoms with van der Waals surface area (Å²) in [6.07, 6.45) is 2.26. The minimum Gasteiger partial charge on any atom is -0.279 e. The Morgan fingerprint density at radius 1 is 1.25 bits per heavy atom. The van der Waals surface area contributed by atoms with E-state index in [9.17, 15) is 4.39 Å². The first-order valence-corrected chi connectivity index (χ1v) is 6.95. The van der Waals surface area contributed by atoms with E-state index in [2.05, 4.69) is 9.97 Å². The number of hydrogen-bond donors (Lipinski definition) is 0. The van der Waals surface area contributed by atoms with Crippen LogP contribution in [0.3, 0.4) is 0 Å². The van der Waals surface area contributed by atoms with E-state index < -0.39 is 0 Å². The molecule has 3 nitrogen and oxygen atoms in total. The zero-order valence-electron chi connectivity index (χ0n) is 10.4. The van der Waals surface area contributed by atoms with Gasteiger partial charge in [-0.15, -0.1) is 11.6 Å². The van der Waals surface area contributed by atoms with Crippen molar-refractivity contribution in [1.29, 1.82) is 0 Å². The van der Waals surface area contributed by atoms with Gasteiger partial charge in [-0.3, -0.25) is 4.57 Å². The van der Waals surface area contributed by atoms with E-state index in [1.165, 1.54) is 12.1 Å². The van der Waals surface area contributed by atoms with Crippen molar-refractivity contribution >= 4 is 34.4 Å². The number of alkyl halides is 1. The minimum atomic E-state index is -0.380. The molecule has 0 spiro atoms. The first-order valence-electron chi connectivity index (χ1n) is 6.04. The highest BCUT2D eigenvalue weighted by Crippen LogP contribution is 2.26. The second kappa shape index (κ2) is 5.38. The SMILES string of the molecule is Fc1ccc(-n2c(CCCl)nc3cccnc32)c(Cl)c1. The topological polar surface area (TPSA) is 30.7 Å². The molecule has 0 fully saturated rings. The van der Waals surface area contributed by atoms with Gasteiger partial charge in [-0.2, -0.15) is 0 Å². The summed E-state index contributed by atoms with van der Waals surface area (Å²) >= 11 is 12.0. The Bertz CT molecular complexity index is 770. The molecule has 102 valence electrons. The molecule has 6 heteroatoms. The van der Waals surface area contributed by atoms with Gasteiger partial charge in [0.1, 0.15) is 17.2 Å². The third-order valence-corrected chi connectivity index (χ3v) is 3.45. The molecule has 0 aliphatic carbocycles. The van der Waals surface area contributed by atoms with Crippen LogP contribution in [0.5, 0.6) is 0 Å². The number of hydrogen-bond acceptors (Lipinski definition) is 2. The molecular weight excluding hydrogens is 300 g/mol. The largest absolute Gasteiger partial charge is 0.279 e. The molecule has 20 heavy (non-hydrogen) atoms. The molecule has 3 aromatic rings. The number of benzene rings is 1. The van der Waals surface area contributed by atoms with E-state index in [1.54, 1.807) is 12.3 Å². The Morgan fingerprint density at radius 2 is 2.10 bits per heavy atom. The predicted octanol–water partition coefficient (Wildman–Crippen LogP) is 3.99. The van der Waals surface area contributed by atoms with Gasteiger partial charge >= 0.3 is 0 Å². The Morgan fingerprint density at radius 3 is 2.85 bits per heavy atom. The first kappa shape index (κ1) is 13.3. The van der Waals surface area contributed by atoms with Crippen molar-refractivity contribution in [2.45, 2.75) is 6.42 Å². The lowest BCUT2D eigenvalue weighted by Gasteiger charge is -2.09. The molecule has 0 saturated heterocycles. The number of halogens is 3. The summed E-state index contributed by atoms with van der Waals surface area (Å²) in [5.74, 6) is 0.805. The summed E-state index contributed by atoms with van der Waals surface area (Å²) in [7, 11) is 0. The van der Waals surface area contributed by atoms with Crippen molar-refractivity contribution in [2.75, 3.05) is 5.88 Å². The lowest BCUT2D eigenvalue weighted by Crippen LogP contribution is -2.03. The number of rotatable bonds is 3. The van der Waals surface area contributed by atoms with Crippen molar-refractivity contribution in [3.63, 3.8) is 0 Å². The van der Waals surface area contributed by atoms with Crippen molar-refractivity contribution in [1.82, 2.24) is 14.5 Å². The fourth-order valence-electron chi connectivity index (χ4n) is 2.13. The van der Waals surface area contributed by atoms with Crippen LogP contribution in [-0.4, -0.2) is 20.4 Å². The maximum Gasteiger partial charge on any atom is 0.164 e. The van der Waals surface area contributed by atoms with Gasteiger partial charge in [0.25, 0.3) is 0 Å². The number of nitrogens with zero attached hydrogens (tertiary/aromatic N) is 3. The Kier molecular flexibility index (Phi) is 3.59. The maximum atomic E-state index is 13.2. The number of aryl methyl sites for hydroxylation is 1. The molecule has 2 aromatic heterocycles. The van der Waals surface area contributed by atoms with Gasteiger partial charge in [0.05, 0.1) is 10.7 Å². The normalized spacial score (nSPS) is 11.2. The molecule has 0 amide bonds. The molecule has 0 atom stereocenters. The fraction of sp³-hybridized carbons (Fsp3) is 0.143. The molecule has 0 N–H and O–H groups in total. The second-order valence-electron chi connectivity index (χ2n) is 4.24. The van der Waals surface area contributed by atoms with Gasteiger partial charge in [0, 0.05) is 18.5 Å². The Balaban J connectivity index is 2.30. The zero-order chi connectivity index (χ0) is 14.1. The van der Waals surface area contributed by atoms with Crippen molar-refractivity contribution < 1.29 is 4.39 Å². The van der Waals surface area contributed by atoms with E-state index in [-0.39, 0.29) is 5.82 Å². The summed E-state index contributed by atoms with van der Waals surface area (Å²) in [4.78, 5) is 8.83. The standard InChI is InChI=1S/C14H10Cl2FN3/c15-6-5-13-19-11-2-1-7-18-14(11)20(13)12-4-3-9(17)8-10(12)16/h1-4,7-8H,5-6H2. The quantitative estimate of drug-likeness (QED) is 0.685. The van der Waals surface area contributed by atoms with Gasteiger partial charge in [-0.05, 0) is 30.3 Å². The highest BCUT2D eigenvalue weighted by Gasteiger charge is 2.15. The van der Waals surface area contributed by atoms with Gasteiger partial charge in [0.15, 0.2) is 5.65 Å². The smallest absolute Gasteiger partial charge is 0.164 e. The fourth-order valence-corrected chi connectivity index (χ4v) is 2.55. The molecule has 0 saturated carbocycles. The van der Waals surface area contributed by atoms with Crippen molar-refractivity contribution in [3.8, 4) is 5.69 Å². The lowest BCUT2D eigenvalue weighted by molar-refractivity contribution is 0.627. The van der Waals surface area contributed by atoms with Crippen LogP contribution in [0.4, 0.5) is 4.39 Å². The van der Waals surface area contributed by atoms with Crippen LogP contribution >= 0.6 is 23.2 Å². The molecule has 0 aliphatic heterocycles. The molecule has 0 unspecified atom stereocenters. The van der Waals surface area contributed by atoms with E-state index in [1.807, 2.05) is 16.7 Å². The van der Waals surface area contributed by atoms with Crippen molar-refractivity contribution in [2.24, 2.45) is 0 Å². The summed E-state index contributed by atoms with van der Waals surface area (Å²) in [6.45, 7) is 0.